The van der Waals surface area contributed by atoms with Crippen LogP contribution < -0.4 is 43.4 Å². The number of likely N-dealkylation sites (N-methyl/N-ethyl adjacent to an activating group) is 2. The van der Waals surface area contributed by atoms with Crippen molar-refractivity contribution in [2.75, 3.05) is 53.3 Å². The van der Waals surface area contributed by atoms with Crippen molar-refractivity contribution >= 4 is 71.0 Å². The number of nitrogens with two attached hydrogens (primary N) is 2. The smallest absolute Gasteiger partial charge is 0.410 e. The number of methoxy groups -OCH3 is 2. The zero-order valence-electron chi connectivity index (χ0n) is 56.9. The Kier molecular flexibility index (Phi) is 32.4. The number of nitrogens with zero attached hydrogens (tertiary/aromatic N) is 4. The molecule has 12 amide bonds. The number of primary amides is 1. The monoisotopic (exact) mass is 1290 g/mol. The second-order valence-electron chi connectivity index (χ2n) is 25.0. The van der Waals surface area contributed by atoms with E-state index in [2.05, 4.69) is 31.9 Å². The fourth-order valence-electron chi connectivity index (χ4n) is 11.9. The van der Waals surface area contributed by atoms with E-state index in [1.54, 1.807) is 109 Å². The molecule has 0 saturated carbocycles. The average Bonchev–Trinajstić information content (AvgIpc) is 1.48. The Bertz CT molecular complexity index is 2730. The van der Waals surface area contributed by atoms with Crippen molar-refractivity contribution in [3.05, 3.63) is 53.6 Å². The molecule has 1 aromatic rings. The minimum Gasteiger partial charge on any atom is -0.445 e. The molecule has 2 aliphatic rings. The molecule has 27 heteroatoms. The first-order valence-corrected chi connectivity index (χ1v) is 32.0. The van der Waals surface area contributed by atoms with E-state index in [4.69, 9.17) is 25.7 Å². The topological polar surface area (TPSA) is 373 Å². The first kappa shape index (κ1) is 78.8. The Morgan fingerprint density at radius 1 is 0.772 bits per heavy atom. The summed E-state index contributed by atoms with van der Waals surface area (Å²) in [4.78, 5) is 154. The number of likely N-dealkylation sites (tertiary alicyclic amines) is 2. The Labute approximate surface area is 543 Å². The lowest BCUT2D eigenvalue weighted by Crippen LogP contribution is -2.60. The van der Waals surface area contributed by atoms with Crippen molar-refractivity contribution in [2.24, 2.45) is 41.1 Å². The lowest BCUT2D eigenvalue weighted by molar-refractivity contribution is -0.148. The number of anilines is 1. The summed E-state index contributed by atoms with van der Waals surface area (Å²) < 4.78 is 17.7. The molecule has 0 radical (unpaired) electrons. The predicted octanol–water partition coefficient (Wildman–Crippen LogP) is 3.22. The molecule has 2 heterocycles. The molecule has 0 aliphatic carbocycles. The molecule has 13 atom stereocenters. The molecule has 0 bridgehead atoms. The largest absolute Gasteiger partial charge is 0.445 e. The molecule has 92 heavy (non-hydrogen) atoms. The van der Waals surface area contributed by atoms with Gasteiger partial charge in [0.2, 0.25) is 53.2 Å². The molecule has 0 spiro atoms. The van der Waals surface area contributed by atoms with Crippen LogP contribution in [0.1, 0.15) is 140 Å². The molecule has 4 unspecified atom stereocenters. The van der Waals surface area contributed by atoms with Crippen LogP contribution in [0.25, 0.3) is 0 Å². The molecular weight excluding hydrogens is 1190 g/mol. The number of urea groups is 1. The van der Waals surface area contributed by atoms with Gasteiger partial charge >= 0.3 is 12.1 Å². The molecular formula is C65H106N12O15. The summed E-state index contributed by atoms with van der Waals surface area (Å²) in [6.45, 7) is 21.3. The zero-order valence-corrected chi connectivity index (χ0v) is 56.9. The maximum Gasteiger partial charge on any atom is 0.410 e. The summed E-state index contributed by atoms with van der Waals surface area (Å²) in [6, 6.07) is -2.14. The number of rotatable bonds is 36. The number of aliphatic hydroxyl groups excluding tert-OH is 1. The number of allylic oxidation sites excluding steroid dienone is 2. The van der Waals surface area contributed by atoms with Crippen molar-refractivity contribution < 1.29 is 72.1 Å². The summed E-state index contributed by atoms with van der Waals surface area (Å²) in [5, 5.41) is 27.3. The number of imide groups is 1. The highest BCUT2D eigenvalue weighted by atomic mass is 16.6. The van der Waals surface area contributed by atoms with E-state index in [1.165, 1.54) is 21.3 Å². The molecule has 1 aromatic carbocycles. The molecule has 2 aliphatic heterocycles. The molecule has 516 valence electrons. The average molecular weight is 1300 g/mol. The fourth-order valence-corrected chi connectivity index (χ4v) is 11.9. The quantitative estimate of drug-likeness (QED) is 0.0265. The summed E-state index contributed by atoms with van der Waals surface area (Å²) in [7, 11) is 6.05. The van der Waals surface area contributed by atoms with Crippen molar-refractivity contribution in [1.82, 2.24) is 46.2 Å². The van der Waals surface area contributed by atoms with Crippen molar-refractivity contribution in [3.63, 3.8) is 0 Å². The number of hydrogen-bond acceptors (Lipinski definition) is 16. The normalized spacial score (nSPS) is 18.4. The lowest BCUT2D eigenvalue weighted by atomic mass is 9.89. The van der Waals surface area contributed by atoms with Crippen LogP contribution in [0.4, 0.5) is 15.3 Å². The highest BCUT2D eigenvalue weighted by Gasteiger charge is 2.45. The van der Waals surface area contributed by atoms with Gasteiger partial charge in [0.1, 0.15) is 36.8 Å². The molecule has 11 N–H and O–H groups in total. The Morgan fingerprint density at radius 3 is 1.90 bits per heavy atom. The third kappa shape index (κ3) is 21.8. The predicted molar refractivity (Wildman–Crippen MR) is 346 cm³/mol. The number of amides is 12. The van der Waals surface area contributed by atoms with Crippen molar-refractivity contribution in [1.29, 1.82) is 0 Å². The Balaban J connectivity index is 1.73. The number of hydrogen-bond donors (Lipinski definition) is 9. The molecule has 2 saturated heterocycles. The van der Waals surface area contributed by atoms with Crippen LogP contribution in [-0.2, 0) is 64.0 Å². The third-order valence-corrected chi connectivity index (χ3v) is 17.3. The van der Waals surface area contributed by atoms with E-state index in [-0.39, 0.29) is 69.5 Å². The van der Waals surface area contributed by atoms with Gasteiger partial charge in [-0.25, -0.2) is 9.59 Å². The number of ether oxygens (including phenoxy) is 3. The standard InChI is InChI=1S/C65H106N12O15/c1-17-22-43(19-3)56(81)41(12)69-58(82)40(11)57(91-16)46-24-21-32-76(46)51(80)33-48(90-15)55(39(10)18-2)74(13)63(87)53(37(6)7)73-62(86)54(38(8)9)75(14)65(89)92-35-42-25-27-44(28-26-42)70-59(83)45(23-20-31-68-64(67)88)71-61(85)52(36(4)5)72-60(84)47(34-66)77-49(78)29-30-50(77)79/h17,19,22,25-28,36-41,45-48,52-57,81H,18,20-21,23-24,29-35,66H2,1-16H3,(H,69,82)(H,70,83)(H,71,85)(H,72,84)(H,73,86)(H3,67,68,88)/b22-17-,43-19+/t39-,40+,41+,45-,46-,47?,48+,52?,53?,54?,55-,56+,57+/m0/s1. The van der Waals surface area contributed by atoms with Gasteiger partial charge in [-0.2, -0.15) is 0 Å². The summed E-state index contributed by atoms with van der Waals surface area (Å²) >= 11 is 0. The third-order valence-electron chi connectivity index (χ3n) is 17.3. The van der Waals surface area contributed by atoms with Gasteiger partial charge < -0.3 is 72.5 Å². The Morgan fingerprint density at radius 2 is 1.38 bits per heavy atom. The number of benzene rings is 1. The summed E-state index contributed by atoms with van der Waals surface area (Å²) in [5.41, 5.74) is 12.5. The maximum atomic E-state index is 14.8. The minimum atomic E-state index is -1.35. The number of carbonyl (C=O) groups is 11. The van der Waals surface area contributed by atoms with Crippen LogP contribution >= 0.6 is 0 Å². The number of carbonyl (C=O) groups excluding carboxylic acids is 11. The number of nitrogens with one attached hydrogen (secondary N) is 6. The second-order valence-corrected chi connectivity index (χ2v) is 25.0. The Hall–Kier alpha value is -7.49. The van der Waals surface area contributed by atoms with Crippen LogP contribution in [-0.4, -0.2) is 205 Å². The first-order chi connectivity index (χ1) is 43.3. The van der Waals surface area contributed by atoms with Crippen molar-refractivity contribution in [2.45, 2.75) is 208 Å². The van der Waals surface area contributed by atoms with Gasteiger partial charge in [0.25, 0.3) is 0 Å². The fraction of sp³-hybridized carbons (Fsp3) is 0.677. The zero-order chi connectivity index (χ0) is 69.4. The van der Waals surface area contributed by atoms with Gasteiger partial charge in [0, 0.05) is 66.5 Å². The second kappa shape index (κ2) is 37.9. The highest BCUT2D eigenvalue weighted by Crippen LogP contribution is 2.30. The van der Waals surface area contributed by atoms with Gasteiger partial charge in [-0.15, -0.1) is 0 Å². The molecule has 27 nitrogen and oxygen atoms in total. The van der Waals surface area contributed by atoms with Crippen LogP contribution in [0.5, 0.6) is 0 Å². The minimum absolute atomic E-state index is 0.0193. The summed E-state index contributed by atoms with van der Waals surface area (Å²) in [6.07, 6.45) is 4.01. The van der Waals surface area contributed by atoms with Crippen LogP contribution in [0.15, 0.2) is 48.1 Å². The lowest BCUT2D eigenvalue weighted by Gasteiger charge is -2.41. The van der Waals surface area contributed by atoms with Crippen LogP contribution in [0, 0.1) is 29.6 Å². The van der Waals surface area contributed by atoms with Crippen molar-refractivity contribution in [3.8, 4) is 0 Å². The van der Waals surface area contributed by atoms with Gasteiger partial charge in [0.05, 0.1) is 48.8 Å². The van der Waals surface area contributed by atoms with E-state index in [0.717, 1.165) is 9.80 Å². The number of aliphatic hydroxyl groups is 1. The maximum absolute atomic E-state index is 14.8. The molecule has 0 aromatic heterocycles. The molecule has 3 rings (SSSR count). The van der Waals surface area contributed by atoms with E-state index in [1.807, 2.05) is 33.8 Å². The van der Waals surface area contributed by atoms with E-state index in [0.29, 0.717) is 42.6 Å². The van der Waals surface area contributed by atoms with Crippen LogP contribution in [0.2, 0.25) is 0 Å². The van der Waals surface area contributed by atoms with Gasteiger partial charge in [-0.05, 0) is 93.4 Å². The van der Waals surface area contributed by atoms with Crippen LogP contribution in [0.3, 0.4) is 0 Å². The van der Waals surface area contributed by atoms with Gasteiger partial charge in [0.15, 0.2) is 0 Å². The van der Waals surface area contributed by atoms with E-state index < -0.39 is 144 Å². The first-order valence-electron chi connectivity index (χ1n) is 32.0. The summed E-state index contributed by atoms with van der Waals surface area (Å²) in [5.74, 6) is -7.22. The van der Waals surface area contributed by atoms with E-state index >= 15 is 0 Å². The van der Waals surface area contributed by atoms with Gasteiger partial charge in [-0.3, -0.25) is 53.0 Å². The SMILES string of the molecule is C/C=C\C(=C/C)[C@H](O)[C@@H](C)NC(=O)[C@H](C)[C@@H](OC)[C@@H]1CCCN1C(=O)C[C@@H](OC)[C@H]([C@@H](C)CC)N(C)C(=O)C(NC(=O)C(C(C)C)N(C)C(=O)OCc1ccc(NC(=O)[C@H](CCCNC(N)=O)NC(=O)C(NC(=O)C(CN)N2C(=O)CCC2=O)C(C)C)cc1)C(C)C. The highest BCUT2D eigenvalue weighted by molar-refractivity contribution is 6.06. The van der Waals surface area contributed by atoms with E-state index in [9.17, 15) is 57.8 Å². The van der Waals surface area contributed by atoms with Gasteiger partial charge in [-0.1, -0.05) is 99.1 Å². The molecule has 2 fully saturated rings.